The molecule has 0 atom stereocenters. The molecule has 0 aliphatic rings. The van der Waals surface area contributed by atoms with E-state index in [1.54, 1.807) is 4.90 Å². The van der Waals surface area contributed by atoms with Crippen LogP contribution < -0.4 is 10.6 Å². The standard InChI is InChI=1S/C11H16F2N2O/c1-2-15(5-6-16)9-4-3-8(7-14)10(12)11(9)13/h3-4,16H,2,5-7,14H2,1H3. The minimum absolute atomic E-state index is 0.0326. The highest BCUT2D eigenvalue weighted by molar-refractivity contribution is 5.49. The Bertz CT molecular complexity index is 358. The summed E-state index contributed by atoms with van der Waals surface area (Å²) in [5.41, 5.74) is 5.59. The highest BCUT2D eigenvalue weighted by atomic mass is 19.2. The first-order chi connectivity index (χ1) is 7.65. The molecule has 0 radical (unpaired) electrons. The molecule has 16 heavy (non-hydrogen) atoms. The van der Waals surface area contributed by atoms with E-state index in [0.29, 0.717) is 6.54 Å². The van der Waals surface area contributed by atoms with E-state index in [4.69, 9.17) is 10.8 Å². The maximum absolute atomic E-state index is 13.7. The highest BCUT2D eigenvalue weighted by Gasteiger charge is 2.16. The second-order valence-electron chi connectivity index (χ2n) is 3.38. The SMILES string of the molecule is CCN(CCO)c1ccc(CN)c(F)c1F. The quantitative estimate of drug-likeness (QED) is 0.800. The molecule has 90 valence electrons. The van der Waals surface area contributed by atoms with Crippen LogP contribution in [-0.4, -0.2) is 24.8 Å². The second kappa shape index (κ2) is 5.77. The van der Waals surface area contributed by atoms with Crippen molar-refractivity contribution in [1.29, 1.82) is 0 Å². The molecule has 0 saturated carbocycles. The molecule has 0 saturated heterocycles. The van der Waals surface area contributed by atoms with E-state index in [-0.39, 0.29) is 30.9 Å². The van der Waals surface area contributed by atoms with Crippen LogP contribution in [0.4, 0.5) is 14.5 Å². The molecule has 5 heteroatoms. The predicted octanol–water partition coefficient (Wildman–Crippen LogP) is 1.24. The summed E-state index contributed by atoms with van der Waals surface area (Å²) in [5, 5.41) is 8.81. The number of benzene rings is 1. The molecule has 0 aliphatic carbocycles. The van der Waals surface area contributed by atoms with E-state index in [2.05, 4.69) is 0 Å². The average molecular weight is 230 g/mol. The number of aliphatic hydroxyl groups is 1. The van der Waals surface area contributed by atoms with Crippen LogP contribution in [0.3, 0.4) is 0 Å². The molecule has 0 amide bonds. The summed E-state index contributed by atoms with van der Waals surface area (Å²) in [4.78, 5) is 1.57. The summed E-state index contributed by atoms with van der Waals surface area (Å²) in [6.45, 7) is 2.44. The van der Waals surface area contributed by atoms with E-state index >= 15 is 0 Å². The Labute approximate surface area is 93.5 Å². The lowest BCUT2D eigenvalue weighted by atomic mass is 10.1. The molecule has 1 aromatic carbocycles. The van der Waals surface area contributed by atoms with E-state index < -0.39 is 11.6 Å². The molecule has 3 N–H and O–H groups in total. The Kier molecular flexibility index (Phi) is 4.64. The fourth-order valence-electron chi connectivity index (χ4n) is 1.55. The van der Waals surface area contributed by atoms with E-state index in [9.17, 15) is 8.78 Å². The number of aliphatic hydroxyl groups excluding tert-OH is 1. The number of hydrogen-bond acceptors (Lipinski definition) is 3. The van der Waals surface area contributed by atoms with Crippen LogP contribution in [0, 0.1) is 11.6 Å². The second-order valence-corrected chi connectivity index (χ2v) is 3.38. The van der Waals surface area contributed by atoms with Crippen molar-refractivity contribution < 1.29 is 13.9 Å². The minimum atomic E-state index is -0.906. The van der Waals surface area contributed by atoms with E-state index in [0.717, 1.165) is 0 Å². The van der Waals surface area contributed by atoms with Gasteiger partial charge < -0.3 is 15.7 Å². The molecule has 1 rings (SSSR count). The molecule has 0 unspecified atom stereocenters. The van der Waals surface area contributed by atoms with Crippen LogP contribution in [0.15, 0.2) is 12.1 Å². The van der Waals surface area contributed by atoms with Gasteiger partial charge in [-0.1, -0.05) is 6.07 Å². The Morgan fingerprint density at radius 2 is 2.00 bits per heavy atom. The van der Waals surface area contributed by atoms with Crippen molar-refractivity contribution in [3.8, 4) is 0 Å². The maximum Gasteiger partial charge on any atom is 0.182 e. The van der Waals surface area contributed by atoms with Gasteiger partial charge in [-0.25, -0.2) is 8.78 Å². The van der Waals surface area contributed by atoms with Gasteiger partial charge in [-0.15, -0.1) is 0 Å². The van der Waals surface area contributed by atoms with Crippen molar-refractivity contribution in [3.63, 3.8) is 0 Å². The number of halogens is 2. The van der Waals surface area contributed by atoms with Gasteiger partial charge in [0.05, 0.1) is 12.3 Å². The monoisotopic (exact) mass is 230 g/mol. The first-order valence-corrected chi connectivity index (χ1v) is 5.18. The smallest absolute Gasteiger partial charge is 0.182 e. The van der Waals surface area contributed by atoms with E-state index in [1.807, 2.05) is 6.92 Å². The third kappa shape index (κ3) is 2.48. The van der Waals surface area contributed by atoms with Crippen LogP contribution in [-0.2, 0) is 6.54 Å². The first-order valence-electron chi connectivity index (χ1n) is 5.18. The van der Waals surface area contributed by atoms with Crippen molar-refractivity contribution in [3.05, 3.63) is 29.3 Å². The molecule has 0 bridgehead atoms. The van der Waals surface area contributed by atoms with Crippen molar-refractivity contribution in [2.24, 2.45) is 5.73 Å². The lowest BCUT2D eigenvalue weighted by Crippen LogP contribution is -2.27. The highest BCUT2D eigenvalue weighted by Crippen LogP contribution is 2.23. The summed E-state index contributed by atoms with van der Waals surface area (Å²) in [5.74, 6) is -1.81. The van der Waals surface area contributed by atoms with Crippen molar-refractivity contribution in [2.75, 3.05) is 24.6 Å². The van der Waals surface area contributed by atoms with Gasteiger partial charge in [0.2, 0.25) is 0 Å². The van der Waals surface area contributed by atoms with Crippen molar-refractivity contribution in [2.45, 2.75) is 13.5 Å². The third-order valence-electron chi connectivity index (χ3n) is 2.45. The number of nitrogens with zero attached hydrogens (tertiary/aromatic N) is 1. The van der Waals surface area contributed by atoms with Crippen molar-refractivity contribution in [1.82, 2.24) is 0 Å². The molecular formula is C11H16F2N2O. The van der Waals surface area contributed by atoms with Crippen molar-refractivity contribution >= 4 is 5.69 Å². The Balaban J connectivity index is 3.09. The zero-order valence-corrected chi connectivity index (χ0v) is 9.21. The maximum atomic E-state index is 13.7. The largest absolute Gasteiger partial charge is 0.395 e. The van der Waals surface area contributed by atoms with Gasteiger partial charge in [0, 0.05) is 25.2 Å². The van der Waals surface area contributed by atoms with Crippen LogP contribution in [0.25, 0.3) is 0 Å². The minimum Gasteiger partial charge on any atom is -0.395 e. The van der Waals surface area contributed by atoms with Crippen LogP contribution in [0.5, 0.6) is 0 Å². The number of likely N-dealkylation sites (N-methyl/N-ethyl adjacent to an activating group) is 1. The average Bonchev–Trinajstić information content (AvgIpc) is 2.30. The summed E-state index contributed by atoms with van der Waals surface area (Å²) in [6.07, 6.45) is 0. The van der Waals surface area contributed by atoms with Gasteiger partial charge in [0.15, 0.2) is 11.6 Å². The van der Waals surface area contributed by atoms with Gasteiger partial charge in [-0.3, -0.25) is 0 Å². The van der Waals surface area contributed by atoms with Gasteiger partial charge in [-0.2, -0.15) is 0 Å². The lowest BCUT2D eigenvalue weighted by molar-refractivity contribution is 0.302. The van der Waals surface area contributed by atoms with Crippen LogP contribution in [0.2, 0.25) is 0 Å². The summed E-state index contributed by atoms with van der Waals surface area (Å²) in [6, 6.07) is 2.95. The van der Waals surface area contributed by atoms with Gasteiger partial charge in [0.1, 0.15) is 0 Å². The normalized spacial score (nSPS) is 10.6. The topological polar surface area (TPSA) is 49.5 Å². The first kappa shape index (κ1) is 12.9. The van der Waals surface area contributed by atoms with Crippen LogP contribution >= 0.6 is 0 Å². The summed E-state index contributed by atoms with van der Waals surface area (Å²) < 4.78 is 27.1. The molecule has 1 aromatic rings. The number of anilines is 1. The van der Waals surface area contributed by atoms with E-state index in [1.165, 1.54) is 12.1 Å². The predicted molar refractivity (Wildman–Crippen MR) is 59.2 cm³/mol. The number of nitrogens with two attached hydrogens (primary N) is 1. The lowest BCUT2D eigenvalue weighted by Gasteiger charge is -2.23. The Hall–Kier alpha value is -1.20. The fraction of sp³-hybridized carbons (Fsp3) is 0.455. The Morgan fingerprint density at radius 1 is 1.31 bits per heavy atom. The molecule has 0 aliphatic heterocycles. The molecule has 3 nitrogen and oxygen atoms in total. The molecule has 0 aromatic heterocycles. The fourth-order valence-corrected chi connectivity index (χ4v) is 1.55. The molecule has 0 heterocycles. The van der Waals surface area contributed by atoms with Gasteiger partial charge in [-0.05, 0) is 13.0 Å². The number of rotatable bonds is 5. The third-order valence-corrected chi connectivity index (χ3v) is 2.45. The zero-order chi connectivity index (χ0) is 12.1. The van der Waals surface area contributed by atoms with Gasteiger partial charge >= 0.3 is 0 Å². The molecule has 0 spiro atoms. The Morgan fingerprint density at radius 3 is 2.50 bits per heavy atom. The number of hydrogen-bond donors (Lipinski definition) is 2. The summed E-state index contributed by atoms with van der Waals surface area (Å²) in [7, 11) is 0. The van der Waals surface area contributed by atoms with Crippen LogP contribution in [0.1, 0.15) is 12.5 Å². The molecule has 0 fully saturated rings. The molecular weight excluding hydrogens is 214 g/mol. The summed E-state index contributed by atoms with van der Waals surface area (Å²) >= 11 is 0. The zero-order valence-electron chi connectivity index (χ0n) is 9.21. The van der Waals surface area contributed by atoms with Gasteiger partial charge in [0.25, 0.3) is 0 Å².